The summed E-state index contributed by atoms with van der Waals surface area (Å²) in [5.41, 5.74) is 0.934. The third kappa shape index (κ3) is 2.43. The molecule has 0 N–H and O–H groups in total. The summed E-state index contributed by atoms with van der Waals surface area (Å²) in [4.78, 5) is 0.513. The summed E-state index contributed by atoms with van der Waals surface area (Å²) in [6, 6.07) is 11.6. The van der Waals surface area contributed by atoms with Crippen molar-refractivity contribution in [3.8, 4) is 22.0 Å². The van der Waals surface area contributed by atoms with Gasteiger partial charge < -0.3 is 0 Å². The van der Waals surface area contributed by atoms with Crippen LogP contribution in [0.25, 0.3) is 26.9 Å². The normalized spacial score (nSPS) is 11.3. The van der Waals surface area contributed by atoms with Crippen LogP contribution in [0.3, 0.4) is 0 Å². The second-order valence-electron chi connectivity index (χ2n) is 4.74. The van der Waals surface area contributed by atoms with E-state index in [-0.39, 0.29) is 11.4 Å². The van der Waals surface area contributed by atoms with E-state index >= 15 is 0 Å². The monoisotopic (exact) mass is 392 g/mol. The maximum atomic E-state index is 14.0. The molecule has 0 aliphatic carbocycles. The molecule has 0 radical (unpaired) electrons. The molecule has 0 atom stereocenters. The van der Waals surface area contributed by atoms with Crippen molar-refractivity contribution in [1.82, 2.24) is 19.8 Å². The molecule has 0 saturated heterocycles. The van der Waals surface area contributed by atoms with E-state index in [0.29, 0.717) is 9.97 Å². The Kier molecular flexibility index (Phi) is 3.42. The first-order chi connectivity index (χ1) is 11.1. The van der Waals surface area contributed by atoms with E-state index in [1.54, 1.807) is 0 Å². The average molecular weight is 393 g/mol. The molecule has 0 saturated carbocycles. The van der Waals surface area contributed by atoms with E-state index < -0.39 is 11.6 Å². The van der Waals surface area contributed by atoms with E-state index in [1.807, 2.05) is 24.3 Å². The molecule has 0 amide bonds. The van der Waals surface area contributed by atoms with Gasteiger partial charge >= 0.3 is 0 Å². The molecule has 4 rings (SSSR count). The van der Waals surface area contributed by atoms with Gasteiger partial charge in [-0.25, -0.2) is 8.78 Å². The van der Waals surface area contributed by atoms with Crippen LogP contribution in [0, 0.1) is 11.6 Å². The van der Waals surface area contributed by atoms with Crippen LogP contribution in [0.5, 0.6) is 0 Å². The Morgan fingerprint density at radius 3 is 2.70 bits per heavy atom. The van der Waals surface area contributed by atoms with Gasteiger partial charge in [0.05, 0.1) is 5.56 Å². The molecule has 23 heavy (non-hydrogen) atoms. The molecule has 0 spiro atoms. The van der Waals surface area contributed by atoms with Crippen LogP contribution >= 0.6 is 27.3 Å². The zero-order valence-electron chi connectivity index (χ0n) is 11.4. The largest absolute Gasteiger partial charge is 0.235 e. The molecule has 0 aliphatic rings. The smallest absolute Gasteiger partial charge is 0.204 e. The summed E-state index contributed by atoms with van der Waals surface area (Å²) in [6.45, 7) is 0. The summed E-state index contributed by atoms with van der Waals surface area (Å²) < 4.78 is 29.8. The fourth-order valence-corrected chi connectivity index (χ4v) is 3.43. The van der Waals surface area contributed by atoms with Gasteiger partial charge in [0.1, 0.15) is 5.01 Å². The van der Waals surface area contributed by atoms with Gasteiger partial charge in [0, 0.05) is 10.0 Å². The lowest BCUT2D eigenvalue weighted by molar-refractivity contribution is 0.510. The number of halogens is 3. The molecule has 0 aliphatic heterocycles. The van der Waals surface area contributed by atoms with Gasteiger partial charge in [0.2, 0.25) is 4.96 Å². The van der Waals surface area contributed by atoms with Crippen molar-refractivity contribution in [2.75, 3.05) is 0 Å². The van der Waals surface area contributed by atoms with Gasteiger partial charge in [-0.1, -0.05) is 45.5 Å². The molecule has 114 valence electrons. The second kappa shape index (κ2) is 5.47. The van der Waals surface area contributed by atoms with Gasteiger partial charge in [0.25, 0.3) is 0 Å². The number of hydrogen-bond donors (Lipinski definition) is 0. The molecule has 2 aromatic carbocycles. The van der Waals surface area contributed by atoms with Crippen LogP contribution in [-0.2, 0) is 0 Å². The summed E-state index contributed by atoms with van der Waals surface area (Å²) in [5, 5.41) is 13.1. The zero-order valence-corrected chi connectivity index (χ0v) is 13.8. The number of benzene rings is 2. The molecule has 8 heteroatoms. The highest BCUT2D eigenvalue weighted by Crippen LogP contribution is 2.30. The van der Waals surface area contributed by atoms with Gasteiger partial charge in [-0.3, -0.25) is 0 Å². The molecule has 2 heterocycles. The van der Waals surface area contributed by atoms with Crippen LogP contribution in [0.1, 0.15) is 0 Å². The lowest BCUT2D eigenvalue weighted by Gasteiger charge is -2.00. The third-order valence-corrected chi connectivity index (χ3v) is 4.70. The lowest BCUT2D eigenvalue weighted by Crippen LogP contribution is -1.95. The van der Waals surface area contributed by atoms with Crippen LogP contribution in [0.2, 0.25) is 0 Å². The van der Waals surface area contributed by atoms with Crippen LogP contribution < -0.4 is 0 Å². The van der Waals surface area contributed by atoms with Crippen LogP contribution in [0.15, 0.2) is 46.9 Å². The van der Waals surface area contributed by atoms with E-state index in [2.05, 4.69) is 31.2 Å². The Balaban J connectivity index is 1.89. The molecule has 0 fully saturated rings. The standard InChI is InChI=1S/C15H7BrF2N4S/c16-9-4-1-3-8(7-9)14-21-22-13(19-20-15(22)23-14)10-5-2-6-11(17)12(10)18/h1-7H. The molecule has 0 bridgehead atoms. The van der Waals surface area contributed by atoms with Crippen LogP contribution in [-0.4, -0.2) is 19.8 Å². The van der Waals surface area contributed by atoms with Gasteiger partial charge in [-0.15, -0.1) is 10.2 Å². The first-order valence-corrected chi connectivity index (χ1v) is 8.17. The van der Waals surface area contributed by atoms with E-state index in [4.69, 9.17) is 0 Å². The zero-order chi connectivity index (χ0) is 16.0. The van der Waals surface area contributed by atoms with Gasteiger partial charge in [0.15, 0.2) is 17.5 Å². The van der Waals surface area contributed by atoms with Crippen molar-refractivity contribution in [3.05, 3.63) is 58.6 Å². The van der Waals surface area contributed by atoms with E-state index in [1.165, 1.54) is 28.0 Å². The predicted molar refractivity (Wildman–Crippen MR) is 87.1 cm³/mol. The van der Waals surface area contributed by atoms with Gasteiger partial charge in [-0.2, -0.15) is 9.61 Å². The Morgan fingerprint density at radius 2 is 1.87 bits per heavy atom. The highest BCUT2D eigenvalue weighted by atomic mass is 79.9. The summed E-state index contributed by atoms with van der Waals surface area (Å²) in [5.74, 6) is -1.71. The van der Waals surface area contributed by atoms with Gasteiger partial charge in [-0.05, 0) is 24.3 Å². The molecule has 0 unspecified atom stereocenters. The summed E-state index contributed by atoms with van der Waals surface area (Å²) in [6.07, 6.45) is 0. The van der Waals surface area contributed by atoms with Crippen molar-refractivity contribution in [3.63, 3.8) is 0 Å². The Labute approximate surface area is 141 Å². The Bertz CT molecular complexity index is 1030. The SMILES string of the molecule is Fc1cccc(-c2nnc3sc(-c4cccc(Br)c4)nn23)c1F. The van der Waals surface area contributed by atoms with Crippen molar-refractivity contribution in [2.45, 2.75) is 0 Å². The number of aromatic nitrogens is 4. The lowest BCUT2D eigenvalue weighted by atomic mass is 10.2. The fraction of sp³-hybridized carbons (Fsp3) is 0. The molecular formula is C15H7BrF2N4S. The van der Waals surface area contributed by atoms with E-state index in [0.717, 1.165) is 16.1 Å². The number of rotatable bonds is 2. The number of fused-ring (bicyclic) bond motifs is 1. The van der Waals surface area contributed by atoms with E-state index in [9.17, 15) is 8.78 Å². The molecule has 4 aromatic rings. The predicted octanol–water partition coefficient (Wildman–Crippen LogP) is 4.56. The Morgan fingerprint density at radius 1 is 1.04 bits per heavy atom. The minimum absolute atomic E-state index is 0.0311. The fourth-order valence-electron chi connectivity index (χ4n) is 2.20. The molecule has 2 aromatic heterocycles. The van der Waals surface area contributed by atoms with Crippen LogP contribution in [0.4, 0.5) is 8.78 Å². The highest BCUT2D eigenvalue weighted by molar-refractivity contribution is 9.10. The number of nitrogens with zero attached hydrogens (tertiary/aromatic N) is 4. The summed E-state index contributed by atoms with van der Waals surface area (Å²) in [7, 11) is 0. The van der Waals surface area contributed by atoms with Crippen molar-refractivity contribution in [1.29, 1.82) is 0 Å². The maximum absolute atomic E-state index is 14.0. The van der Waals surface area contributed by atoms with Crippen molar-refractivity contribution >= 4 is 32.2 Å². The third-order valence-electron chi connectivity index (χ3n) is 3.25. The Hall–Kier alpha value is -2.19. The highest BCUT2D eigenvalue weighted by Gasteiger charge is 2.18. The minimum Gasteiger partial charge on any atom is -0.204 e. The maximum Gasteiger partial charge on any atom is 0.235 e. The first kappa shape index (κ1) is 14.4. The average Bonchev–Trinajstić information content (AvgIpc) is 3.11. The second-order valence-corrected chi connectivity index (χ2v) is 6.61. The van der Waals surface area contributed by atoms with Crippen molar-refractivity contribution in [2.24, 2.45) is 0 Å². The first-order valence-electron chi connectivity index (χ1n) is 6.56. The molecule has 4 nitrogen and oxygen atoms in total. The molecular weight excluding hydrogens is 386 g/mol. The number of hydrogen-bond acceptors (Lipinski definition) is 4. The topological polar surface area (TPSA) is 43.1 Å². The van der Waals surface area contributed by atoms with Crippen molar-refractivity contribution < 1.29 is 8.78 Å². The summed E-state index contributed by atoms with van der Waals surface area (Å²) >= 11 is 4.74. The minimum atomic E-state index is -0.959. The quantitative estimate of drug-likeness (QED) is 0.502.